The van der Waals surface area contributed by atoms with Crippen molar-refractivity contribution in [2.45, 2.75) is 155 Å². The Morgan fingerprint density at radius 1 is 0.647 bits per heavy atom. The molecule has 0 fully saturated rings. The molecular formula is C29H56O5. The second-order valence-corrected chi connectivity index (χ2v) is 10.3. The highest BCUT2D eigenvalue weighted by Crippen LogP contribution is 2.14. The standard InChI is InChI=1S/C29H56O5/c1-4-5-6-7-8-9-13-16-19-22-28(31)33-25-27(24-30)34-29(32)23-20-17-14-11-10-12-15-18-21-26(2)3/h26-27,30H,4-25H2,1-3H3/t27-/m0/s1. The Morgan fingerprint density at radius 2 is 1.09 bits per heavy atom. The predicted molar refractivity (Wildman–Crippen MR) is 141 cm³/mol. The Labute approximate surface area is 210 Å². The molecule has 0 spiro atoms. The summed E-state index contributed by atoms with van der Waals surface area (Å²) < 4.78 is 10.5. The van der Waals surface area contributed by atoms with Crippen LogP contribution in [0, 0.1) is 5.92 Å². The maximum absolute atomic E-state index is 12.0. The highest BCUT2D eigenvalue weighted by molar-refractivity contribution is 5.70. The summed E-state index contributed by atoms with van der Waals surface area (Å²) in [6.45, 7) is 6.40. The molecule has 0 bridgehead atoms. The van der Waals surface area contributed by atoms with E-state index in [0.717, 1.165) is 44.4 Å². The van der Waals surface area contributed by atoms with E-state index in [1.54, 1.807) is 0 Å². The average molecular weight is 485 g/mol. The zero-order valence-electron chi connectivity index (χ0n) is 22.8. The molecule has 5 heteroatoms. The Morgan fingerprint density at radius 3 is 1.56 bits per heavy atom. The molecular weight excluding hydrogens is 428 g/mol. The van der Waals surface area contributed by atoms with Gasteiger partial charge in [-0.3, -0.25) is 9.59 Å². The molecule has 0 aromatic rings. The van der Waals surface area contributed by atoms with E-state index < -0.39 is 6.10 Å². The minimum absolute atomic E-state index is 0.0602. The third-order valence-corrected chi connectivity index (χ3v) is 6.33. The molecule has 0 aromatic heterocycles. The van der Waals surface area contributed by atoms with Crippen molar-refractivity contribution in [3.63, 3.8) is 0 Å². The van der Waals surface area contributed by atoms with Gasteiger partial charge in [-0.2, -0.15) is 0 Å². The van der Waals surface area contributed by atoms with E-state index in [0.29, 0.717) is 12.8 Å². The predicted octanol–water partition coefficient (Wildman–Crippen LogP) is 7.91. The van der Waals surface area contributed by atoms with Gasteiger partial charge in [0.05, 0.1) is 6.61 Å². The first-order valence-electron chi connectivity index (χ1n) is 14.5. The van der Waals surface area contributed by atoms with E-state index in [4.69, 9.17) is 9.47 Å². The highest BCUT2D eigenvalue weighted by atomic mass is 16.6. The van der Waals surface area contributed by atoms with Gasteiger partial charge >= 0.3 is 11.9 Å². The molecule has 0 aromatic carbocycles. The third kappa shape index (κ3) is 24.0. The molecule has 0 radical (unpaired) electrons. The zero-order valence-corrected chi connectivity index (χ0v) is 22.8. The third-order valence-electron chi connectivity index (χ3n) is 6.33. The van der Waals surface area contributed by atoms with E-state index in [-0.39, 0.29) is 25.2 Å². The summed E-state index contributed by atoms with van der Waals surface area (Å²) in [5.74, 6) is 0.214. The summed E-state index contributed by atoms with van der Waals surface area (Å²) >= 11 is 0. The van der Waals surface area contributed by atoms with Gasteiger partial charge < -0.3 is 14.6 Å². The summed E-state index contributed by atoms with van der Waals surface area (Å²) in [6, 6.07) is 0. The van der Waals surface area contributed by atoms with Crippen LogP contribution in [0.25, 0.3) is 0 Å². The minimum Gasteiger partial charge on any atom is -0.462 e. The van der Waals surface area contributed by atoms with Crippen molar-refractivity contribution < 1.29 is 24.2 Å². The largest absolute Gasteiger partial charge is 0.462 e. The van der Waals surface area contributed by atoms with E-state index in [1.807, 2.05) is 0 Å². The molecule has 0 saturated heterocycles. The van der Waals surface area contributed by atoms with Crippen LogP contribution in [-0.2, 0) is 19.1 Å². The maximum Gasteiger partial charge on any atom is 0.306 e. The van der Waals surface area contributed by atoms with Gasteiger partial charge in [-0.1, -0.05) is 124 Å². The van der Waals surface area contributed by atoms with Crippen LogP contribution in [0.3, 0.4) is 0 Å². The van der Waals surface area contributed by atoms with Crippen molar-refractivity contribution in [3.8, 4) is 0 Å². The van der Waals surface area contributed by atoms with E-state index in [1.165, 1.54) is 77.0 Å². The fourth-order valence-electron chi connectivity index (χ4n) is 4.09. The van der Waals surface area contributed by atoms with E-state index in [9.17, 15) is 14.7 Å². The summed E-state index contributed by atoms with van der Waals surface area (Å²) in [5.41, 5.74) is 0. The fraction of sp³-hybridized carbons (Fsp3) is 0.931. The second-order valence-electron chi connectivity index (χ2n) is 10.3. The average Bonchev–Trinajstić information content (AvgIpc) is 2.81. The number of unbranched alkanes of at least 4 members (excludes halogenated alkanes) is 15. The molecule has 0 aliphatic rings. The first kappa shape index (κ1) is 32.9. The number of esters is 2. The van der Waals surface area contributed by atoms with Crippen LogP contribution in [0.15, 0.2) is 0 Å². The van der Waals surface area contributed by atoms with Gasteiger partial charge in [0.2, 0.25) is 0 Å². The normalized spacial score (nSPS) is 12.1. The smallest absolute Gasteiger partial charge is 0.306 e. The van der Waals surface area contributed by atoms with Crippen molar-refractivity contribution in [3.05, 3.63) is 0 Å². The molecule has 0 saturated carbocycles. The van der Waals surface area contributed by atoms with Crippen molar-refractivity contribution in [1.29, 1.82) is 0 Å². The SMILES string of the molecule is CCCCCCCCCCCC(=O)OC[C@H](CO)OC(=O)CCCCCCCCCCC(C)C. The number of aliphatic hydroxyl groups excluding tert-OH is 1. The lowest BCUT2D eigenvalue weighted by molar-refractivity contribution is -0.161. The summed E-state index contributed by atoms with van der Waals surface area (Å²) in [5, 5.41) is 9.43. The molecule has 1 atom stereocenters. The summed E-state index contributed by atoms with van der Waals surface area (Å²) in [6.07, 6.45) is 21.6. The van der Waals surface area contributed by atoms with Crippen molar-refractivity contribution in [2.24, 2.45) is 5.92 Å². The lowest BCUT2D eigenvalue weighted by Crippen LogP contribution is -2.28. The number of rotatable bonds is 25. The van der Waals surface area contributed by atoms with Gasteiger partial charge in [0.1, 0.15) is 6.61 Å². The molecule has 0 amide bonds. The number of hydrogen-bond acceptors (Lipinski definition) is 5. The number of carbonyl (C=O) groups excluding carboxylic acids is 2. The number of aliphatic hydroxyl groups is 1. The summed E-state index contributed by atoms with van der Waals surface area (Å²) in [4.78, 5) is 23.9. The Bertz CT molecular complexity index is 463. The minimum atomic E-state index is -0.759. The number of ether oxygens (including phenoxy) is 2. The van der Waals surface area contributed by atoms with Crippen molar-refractivity contribution in [1.82, 2.24) is 0 Å². The van der Waals surface area contributed by atoms with Gasteiger partial charge in [0, 0.05) is 12.8 Å². The topological polar surface area (TPSA) is 72.8 Å². The van der Waals surface area contributed by atoms with Crippen LogP contribution in [0.2, 0.25) is 0 Å². The molecule has 0 rings (SSSR count). The molecule has 0 heterocycles. The van der Waals surface area contributed by atoms with Gasteiger partial charge in [0.15, 0.2) is 6.10 Å². The van der Waals surface area contributed by atoms with Crippen molar-refractivity contribution in [2.75, 3.05) is 13.2 Å². The van der Waals surface area contributed by atoms with Crippen LogP contribution in [0.4, 0.5) is 0 Å². The van der Waals surface area contributed by atoms with Crippen molar-refractivity contribution >= 4 is 11.9 Å². The number of carbonyl (C=O) groups is 2. The first-order chi connectivity index (χ1) is 16.5. The number of hydrogen-bond donors (Lipinski definition) is 1. The van der Waals surface area contributed by atoms with Crippen LogP contribution < -0.4 is 0 Å². The lowest BCUT2D eigenvalue weighted by Gasteiger charge is -2.15. The molecule has 34 heavy (non-hydrogen) atoms. The maximum atomic E-state index is 12.0. The molecule has 5 nitrogen and oxygen atoms in total. The monoisotopic (exact) mass is 484 g/mol. The first-order valence-corrected chi connectivity index (χ1v) is 14.5. The Balaban J connectivity index is 3.60. The molecule has 0 aliphatic carbocycles. The van der Waals surface area contributed by atoms with Gasteiger partial charge in [0.25, 0.3) is 0 Å². The Hall–Kier alpha value is -1.10. The van der Waals surface area contributed by atoms with E-state index in [2.05, 4.69) is 20.8 Å². The quantitative estimate of drug-likeness (QED) is 0.105. The fourth-order valence-corrected chi connectivity index (χ4v) is 4.09. The second kappa shape index (κ2) is 25.0. The van der Waals surface area contributed by atoms with Crippen LogP contribution in [-0.4, -0.2) is 36.4 Å². The Kier molecular flexibility index (Phi) is 24.2. The van der Waals surface area contributed by atoms with Crippen LogP contribution >= 0.6 is 0 Å². The van der Waals surface area contributed by atoms with Crippen LogP contribution in [0.5, 0.6) is 0 Å². The molecule has 0 unspecified atom stereocenters. The zero-order chi connectivity index (χ0) is 25.3. The summed E-state index contributed by atoms with van der Waals surface area (Å²) in [7, 11) is 0. The molecule has 1 N–H and O–H groups in total. The van der Waals surface area contributed by atoms with Crippen LogP contribution in [0.1, 0.15) is 149 Å². The lowest BCUT2D eigenvalue weighted by atomic mass is 10.0. The van der Waals surface area contributed by atoms with Gasteiger partial charge in [-0.15, -0.1) is 0 Å². The molecule has 0 aliphatic heterocycles. The van der Waals surface area contributed by atoms with Gasteiger partial charge in [-0.05, 0) is 18.8 Å². The highest BCUT2D eigenvalue weighted by Gasteiger charge is 2.16. The van der Waals surface area contributed by atoms with Gasteiger partial charge in [-0.25, -0.2) is 0 Å². The molecule has 202 valence electrons. The van der Waals surface area contributed by atoms with E-state index >= 15 is 0 Å².